The molecule has 1 aromatic heterocycles. The Kier molecular flexibility index (Phi) is 5.86. The first kappa shape index (κ1) is 22.3. The monoisotopic (exact) mass is 504 g/mol. The highest BCUT2D eigenvalue weighted by Gasteiger charge is 2.32. The molecule has 1 saturated heterocycles. The minimum absolute atomic E-state index is 0.188. The molecule has 0 saturated carbocycles. The second kappa shape index (κ2) is 8.68. The molecule has 2 amide bonds. The molecule has 33 heavy (non-hydrogen) atoms. The number of piperazine rings is 1. The van der Waals surface area contributed by atoms with Crippen molar-refractivity contribution < 1.29 is 18.0 Å². The quantitative estimate of drug-likeness (QED) is 0.509. The number of aromatic nitrogens is 1. The molecule has 172 valence electrons. The lowest BCUT2D eigenvalue weighted by Crippen LogP contribution is -2.50. The Bertz CT molecular complexity index is 1350. The molecule has 8 nitrogen and oxygen atoms in total. The zero-order valence-electron chi connectivity index (χ0n) is 17.6. The van der Waals surface area contributed by atoms with Gasteiger partial charge >= 0.3 is 0 Å². The van der Waals surface area contributed by atoms with Crippen LogP contribution in [0.2, 0.25) is 5.02 Å². The number of carbonyl (C=O) groups is 2. The van der Waals surface area contributed by atoms with Gasteiger partial charge in [-0.3, -0.25) is 9.59 Å². The lowest BCUT2D eigenvalue weighted by atomic mass is 10.1. The van der Waals surface area contributed by atoms with Crippen molar-refractivity contribution in [3.05, 3.63) is 57.0 Å². The van der Waals surface area contributed by atoms with Crippen LogP contribution in [0.1, 0.15) is 20.4 Å². The van der Waals surface area contributed by atoms with Crippen LogP contribution in [-0.2, 0) is 27.8 Å². The number of nitrogens with zero attached hydrogens (tertiary/aromatic N) is 4. The van der Waals surface area contributed by atoms with Gasteiger partial charge in [0, 0.05) is 49.0 Å². The Morgan fingerprint density at radius 1 is 1.03 bits per heavy atom. The Balaban J connectivity index is 1.28. The molecule has 0 aliphatic carbocycles. The van der Waals surface area contributed by atoms with Gasteiger partial charge < -0.3 is 9.80 Å². The van der Waals surface area contributed by atoms with Crippen molar-refractivity contribution in [2.75, 3.05) is 32.7 Å². The van der Waals surface area contributed by atoms with E-state index in [1.54, 1.807) is 46.2 Å². The van der Waals surface area contributed by atoms with Gasteiger partial charge in [-0.2, -0.15) is 4.31 Å². The van der Waals surface area contributed by atoms with Crippen LogP contribution in [0.15, 0.2) is 41.3 Å². The first-order valence-corrected chi connectivity index (χ1v) is 13.2. The number of halogens is 1. The predicted molar refractivity (Wildman–Crippen MR) is 126 cm³/mol. The molecule has 0 N–H and O–H groups in total. The van der Waals surface area contributed by atoms with Crippen LogP contribution in [0.5, 0.6) is 0 Å². The number of rotatable bonds is 4. The fraction of sp³-hybridized carbons (Fsp3) is 0.318. The van der Waals surface area contributed by atoms with E-state index in [4.69, 9.17) is 11.6 Å². The van der Waals surface area contributed by atoms with Gasteiger partial charge in [0.05, 0.1) is 17.1 Å². The van der Waals surface area contributed by atoms with Crippen LogP contribution in [0.4, 0.5) is 0 Å². The SMILES string of the molecule is O=CN1CCc2nc(C(=O)N3CCN(S(=O)(=O)c4ccc5cc(Cl)ccc5c4)CC3)sc2C1. The highest BCUT2D eigenvalue weighted by molar-refractivity contribution is 7.89. The van der Waals surface area contributed by atoms with Gasteiger partial charge in [-0.1, -0.05) is 23.7 Å². The van der Waals surface area contributed by atoms with Gasteiger partial charge in [0.25, 0.3) is 5.91 Å². The lowest BCUT2D eigenvalue weighted by molar-refractivity contribution is -0.118. The van der Waals surface area contributed by atoms with Crippen molar-refractivity contribution in [2.24, 2.45) is 0 Å². The van der Waals surface area contributed by atoms with Gasteiger partial charge in [-0.05, 0) is 35.0 Å². The number of thiazole rings is 1. The Morgan fingerprint density at radius 3 is 2.52 bits per heavy atom. The van der Waals surface area contributed by atoms with Gasteiger partial charge in [-0.15, -0.1) is 11.3 Å². The van der Waals surface area contributed by atoms with E-state index in [1.165, 1.54) is 15.6 Å². The molecule has 1 fully saturated rings. The average molecular weight is 505 g/mol. The van der Waals surface area contributed by atoms with Crippen molar-refractivity contribution in [3.63, 3.8) is 0 Å². The molecule has 5 rings (SSSR count). The van der Waals surface area contributed by atoms with Crippen LogP contribution < -0.4 is 0 Å². The first-order chi connectivity index (χ1) is 15.8. The molecule has 0 atom stereocenters. The molecule has 0 spiro atoms. The molecule has 2 aromatic carbocycles. The van der Waals surface area contributed by atoms with E-state index in [9.17, 15) is 18.0 Å². The van der Waals surface area contributed by atoms with Gasteiger partial charge in [0.2, 0.25) is 16.4 Å². The van der Waals surface area contributed by atoms with E-state index >= 15 is 0 Å². The molecule has 3 heterocycles. The lowest BCUT2D eigenvalue weighted by Gasteiger charge is -2.33. The van der Waals surface area contributed by atoms with E-state index in [2.05, 4.69) is 4.98 Å². The van der Waals surface area contributed by atoms with Crippen LogP contribution in [0.3, 0.4) is 0 Å². The summed E-state index contributed by atoms with van der Waals surface area (Å²) in [5.41, 5.74) is 0.875. The maximum Gasteiger partial charge on any atom is 0.282 e. The van der Waals surface area contributed by atoms with E-state index in [0.29, 0.717) is 42.6 Å². The number of sulfonamides is 1. The summed E-state index contributed by atoms with van der Waals surface area (Å²) in [6, 6.07) is 10.3. The summed E-state index contributed by atoms with van der Waals surface area (Å²) in [5, 5.41) is 2.67. The molecule has 11 heteroatoms. The van der Waals surface area contributed by atoms with Crippen molar-refractivity contribution in [3.8, 4) is 0 Å². The zero-order valence-corrected chi connectivity index (χ0v) is 20.0. The molecule has 0 unspecified atom stereocenters. The second-order valence-electron chi connectivity index (χ2n) is 8.06. The summed E-state index contributed by atoms with van der Waals surface area (Å²) in [4.78, 5) is 33.0. The maximum atomic E-state index is 13.2. The number of carbonyl (C=O) groups excluding carboxylic acids is 2. The number of amides is 2. The molecular weight excluding hydrogens is 484 g/mol. The summed E-state index contributed by atoms with van der Waals surface area (Å²) in [5.74, 6) is -0.188. The molecule has 2 aliphatic heterocycles. The Labute approximate surface area is 200 Å². The number of benzene rings is 2. The Hall–Kier alpha value is -2.53. The van der Waals surface area contributed by atoms with Crippen LogP contribution in [0.25, 0.3) is 10.8 Å². The minimum atomic E-state index is -3.68. The van der Waals surface area contributed by atoms with Gasteiger partial charge in [0.1, 0.15) is 0 Å². The molecule has 0 radical (unpaired) electrons. The van der Waals surface area contributed by atoms with Crippen molar-refractivity contribution >= 4 is 56.1 Å². The topological polar surface area (TPSA) is 90.9 Å². The number of hydrogen-bond acceptors (Lipinski definition) is 6. The highest BCUT2D eigenvalue weighted by atomic mass is 35.5. The van der Waals surface area contributed by atoms with E-state index in [1.807, 2.05) is 0 Å². The molecular formula is C22H21ClN4O4S2. The third-order valence-corrected chi connectivity index (χ3v) is 9.23. The second-order valence-corrected chi connectivity index (χ2v) is 11.5. The summed E-state index contributed by atoms with van der Waals surface area (Å²) in [6.07, 6.45) is 1.45. The van der Waals surface area contributed by atoms with Gasteiger partial charge in [0.15, 0.2) is 5.01 Å². The first-order valence-electron chi connectivity index (χ1n) is 10.5. The van der Waals surface area contributed by atoms with E-state index < -0.39 is 10.0 Å². The fourth-order valence-corrected chi connectivity index (χ4v) is 6.91. The maximum absolute atomic E-state index is 13.2. The molecule has 3 aromatic rings. The van der Waals surface area contributed by atoms with Gasteiger partial charge in [-0.25, -0.2) is 13.4 Å². The van der Waals surface area contributed by atoms with Crippen molar-refractivity contribution in [1.29, 1.82) is 0 Å². The smallest absolute Gasteiger partial charge is 0.282 e. The predicted octanol–water partition coefficient (Wildman–Crippen LogP) is 2.61. The number of hydrogen-bond donors (Lipinski definition) is 0. The average Bonchev–Trinajstić information content (AvgIpc) is 3.26. The summed E-state index contributed by atoms with van der Waals surface area (Å²) < 4.78 is 27.8. The van der Waals surface area contributed by atoms with Crippen molar-refractivity contribution in [2.45, 2.75) is 17.9 Å². The third-order valence-electron chi connectivity index (χ3n) is 6.03. The largest absolute Gasteiger partial charge is 0.340 e. The molecule has 2 aliphatic rings. The Morgan fingerprint density at radius 2 is 1.76 bits per heavy atom. The zero-order chi connectivity index (χ0) is 23.2. The third kappa shape index (κ3) is 4.23. The normalized spacial score (nSPS) is 17.2. The standard InChI is InChI=1S/C22H21ClN4O4S2/c23-17-3-1-16-12-18(4-2-15(16)11-17)33(30,31)27-9-7-26(8-10-27)22(29)21-24-19-5-6-25(14-28)13-20(19)32-21/h1-4,11-12,14H,5-10,13H2. The van der Waals surface area contributed by atoms with Crippen molar-refractivity contribution in [1.82, 2.24) is 19.1 Å². The highest BCUT2D eigenvalue weighted by Crippen LogP contribution is 2.27. The minimum Gasteiger partial charge on any atom is -0.340 e. The van der Waals surface area contributed by atoms with Crippen LogP contribution >= 0.6 is 22.9 Å². The number of fused-ring (bicyclic) bond motifs is 2. The van der Waals surface area contributed by atoms with E-state index in [0.717, 1.165) is 27.8 Å². The summed E-state index contributed by atoms with van der Waals surface area (Å²) in [7, 11) is -3.68. The van der Waals surface area contributed by atoms with Crippen LogP contribution in [0, 0.1) is 0 Å². The van der Waals surface area contributed by atoms with Crippen LogP contribution in [-0.4, -0.2) is 72.5 Å². The summed E-state index contributed by atoms with van der Waals surface area (Å²) >= 11 is 7.34. The summed E-state index contributed by atoms with van der Waals surface area (Å²) in [6.45, 7) is 2.12. The van der Waals surface area contributed by atoms with E-state index in [-0.39, 0.29) is 23.9 Å². The molecule has 0 bridgehead atoms. The fourth-order valence-electron chi connectivity index (χ4n) is 4.17.